The highest BCUT2D eigenvalue weighted by molar-refractivity contribution is 6.13. The smallest absolute Gasteiger partial charge is 0.116 e. The number of halogens is 2. The molecule has 1 aliphatic heterocycles. The average Bonchev–Trinajstić information content (AvgIpc) is 1.85. The van der Waals surface area contributed by atoms with Crippen molar-refractivity contribution in [2.45, 2.75) is 25.6 Å². The Hall–Kier alpha value is 0.180. The second-order valence-electron chi connectivity index (χ2n) is 2.26. The molecule has 8 heavy (non-hydrogen) atoms. The Labute approximate surface area is 53.5 Å². The van der Waals surface area contributed by atoms with Gasteiger partial charge in [0.2, 0.25) is 0 Å². The molecular formula is C5H9ClFN. The Morgan fingerprint density at radius 1 is 1.75 bits per heavy atom. The molecule has 0 aromatic rings. The van der Waals surface area contributed by atoms with Crippen LogP contribution in [-0.2, 0) is 0 Å². The van der Waals surface area contributed by atoms with Gasteiger partial charge in [-0.05, 0) is 25.1 Å². The minimum atomic E-state index is -0.706. The standard InChI is InChI=1S/C5H9ClFN/c1-4-2-5(7)3-8(4)6/h4-5H,2-3H2,1H3/t4-,5?/m0/s1. The van der Waals surface area contributed by atoms with Gasteiger partial charge in [0.25, 0.3) is 0 Å². The van der Waals surface area contributed by atoms with Gasteiger partial charge in [0.05, 0.1) is 0 Å². The first kappa shape index (κ1) is 6.30. The molecular weight excluding hydrogens is 129 g/mol. The van der Waals surface area contributed by atoms with Gasteiger partial charge in [0.15, 0.2) is 0 Å². The third-order valence-electron chi connectivity index (χ3n) is 1.45. The van der Waals surface area contributed by atoms with Gasteiger partial charge in [0.1, 0.15) is 6.17 Å². The monoisotopic (exact) mass is 137 g/mol. The maximum atomic E-state index is 12.3. The lowest BCUT2D eigenvalue weighted by Crippen LogP contribution is -2.15. The van der Waals surface area contributed by atoms with Crippen LogP contribution in [0.3, 0.4) is 0 Å². The summed E-state index contributed by atoms with van der Waals surface area (Å²) >= 11 is 5.55. The summed E-state index contributed by atoms with van der Waals surface area (Å²) in [6.45, 7) is 2.31. The summed E-state index contributed by atoms with van der Waals surface area (Å²) in [7, 11) is 0. The van der Waals surface area contributed by atoms with Gasteiger partial charge in [-0.3, -0.25) is 0 Å². The van der Waals surface area contributed by atoms with Crippen LogP contribution in [0.4, 0.5) is 4.39 Å². The number of nitrogens with zero attached hydrogens (tertiary/aromatic N) is 1. The van der Waals surface area contributed by atoms with Crippen molar-refractivity contribution in [1.29, 1.82) is 0 Å². The fraction of sp³-hybridized carbons (Fsp3) is 1.00. The Balaban J connectivity index is 2.39. The van der Waals surface area contributed by atoms with E-state index in [0.29, 0.717) is 13.0 Å². The molecule has 0 saturated carbocycles. The van der Waals surface area contributed by atoms with Crippen LogP contribution in [0.15, 0.2) is 0 Å². The highest BCUT2D eigenvalue weighted by atomic mass is 35.5. The first-order valence-corrected chi connectivity index (χ1v) is 3.10. The van der Waals surface area contributed by atoms with Crippen LogP contribution in [0.2, 0.25) is 0 Å². The summed E-state index contributed by atoms with van der Waals surface area (Å²) in [5.41, 5.74) is 0. The van der Waals surface area contributed by atoms with E-state index in [1.54, 1.807) is 0 Å². The number of alkyl halides is 1. The van der Waals surface area contributed by atoms with Gasteiger partial charge in [-0.2, -0.15) is 0 Å². The van der Waals surface area contributed by atoms with E-state index in [9.17, 15) is 4.39 Å². The number of rotatable bonds is 0. The Morgan fingerprint density at radius 3 is 2.50 bits per heavy atom. The molecule has 0 aliphatic carbocycles. The summed E-state index contributed by atoms with van der Waals surface area (Å²) in [5, 5.41) is 0. The van der Waals surface area contributed by atoms with Crippen LogP contribution in [0.1, 0.15) is 13.3 Å². The zero-order valence-electron chi connectivity index (χ0n) is 4.77. The van der Waals surface area contributed by atoms with E-state index in [0.717, 1.165) is 0 Å². The van der Waals surface area contributed by atoms with Crippen molar-refractivity contribution in [3.05, 3.63) is 0 Å². The molecule has 1 saturated heterocycles. The van der Waals surface area contributed by atoms with Gasteiger partial charge in [-0.1, -0.05) is 0 Å². The first-order valence-electron chi connectivity index (χ1n) is 2.76. The summed E-state index contributed by atoms with van der Waals surface area (Å²) in [4.78, 5) is 0. The summed E-state index contributed by atoms with van der Waals surface area (Å²) in [6.07, 6.45) is -0.119. The van der Waals surface area contributed by atoms with E-state index >= 15 is 0 Å². The lowest BCUT2D eigenvalue weighted by molar-refractivity contribution is 0.347. The Bertz CT molecular complexity index is 78.5. The molecule has 1 aliphatic rings. The molecule has 2 atom stereocenters. The number of hydrogen-bond donors (Lipinski definition) is 0. The molecule has 1 nitrogen and oxygen atoms in total. The molecule has 1 heterocycles. The molecule has 0 N–H and O–H groups in total. The maximum Gasteiger partial charge on any atom is 0.116 e. The molecule has 1 rings (SSSR count). The lowest BCUT2D eigenvalue weighted by atomic mass is 10.2. The van der Waals surface area contributed by atoms with Crippen molar-refractivity contribution < 1.29 is 4.39 Å². The van der Waals surface area contributed by atoms with E-state index < -0.39 is 6.17 Å². The summed E-state index contributed by atoms with van der Waals surface area (Å²) < 4.78 is 13.8. The van der Waals surface area contributed by atoms with E-state index in [2.05, 4.69) is 0 Å². The lowest BCUT2D eigenvalue weighted by Gasteiger charge is -2.07. The fourth-order valence-corrected chi connectivity index (χ4v) is 1.16. The van der Waals surface area contributed by atoms with E-state index in [1.165, 1.54) is 4.42 Å². The fourth-order valence-electron chi connectivity index (χ4n) is 0.928. The molecule has 0 spiro atoms. The van der Waals surface area contributed by atoms with Gasteiger partial charge < -0.3 is 0 Å². The summed E-state index contributed by atoms with van der Waals surface area (Å²) in [5.74, 6) is 0. The molecule has 3 heteroatoms. The van der Waals surface area contributed by atoms with Crippen LogP contribution in [0.5, 0.6) is 0 Å². The number of hydrogen-bond acceptors (Lipinski definition) is 1. The van der Waals surface area contributed by atoms with E-state index in [4.69, 9.17) is 11.8 Å². The third kappa shape index (κ3) is 1.12. The van der Waals surface area contributed by atoms with Crippen molar-refractivity contribution in [1.82, 2.24) is 4.42 Å². The Morgan fingerprint density at radius 2 is 2.38 bits per heavy atom. The van der Waals surface area contributed by atoms with Gasteiger partial charge in [0, 0.05) is 12.6 Å². The predicted molar refractivity (Wildman–Crippen MR) is 31.5 cm³/mol. The van der Waals surface area contributed by atoms with Crippen LogP contribution in [-0.4, -0.2) is 23.2 Å². The SMILES string of the molecule is C[C@H]1CC(F)CN1Cl. The van der Waals surface area contributed by atoms with E-state index in [-0.39, 0.29) is 6.04 Å². The Kier molecular flexibility index (Phi) is 1.73. The highest BCUT2D eigenvalue weighted by Crippen LogP contribution is 2.20. The van der Waals surface area contributed by atoms with Crippen molar-refractivity contribution >= 4 is 11.8 Å². The molecule has 0 bridgehead atoms. The maximum absolute atomic E-state index is 12.3. The highest BCUT2D eigenvalue weighted by Gasteiger charge is 2.26. The second-order valence-corrected chi connectivity index (χ2v) is 2.70. The van der Waals surface area contributed by atoms with Crippen molar-refractivity contribution in [3.63, 3.8) is 0 Å². The minimum absolute atomic E-state index is 0.215. The van der Waals surface area contributed by atoms with Crippen LogP contribution >= 0.6 is 11.8 Å². The van der Waals surface area contributed by atoms with Crippen LogP contribution in [0.25, 0.3) is 0 Å². The van der Waals surface area contributed by atoms with E-state index in [1.807, 2.05) is 6.92 Å². The summed E-state index contributed by atoms with van der Waals surface area (Å²) in [6, 6.07) is 0.215. The molecule has 1 unspecified atom stereocenters. The second kappa shape index (κ2) is 2.19. The molecule has 1 fully saturated rings. The molecule has 0 radical (unpaired) electrons. The molecule has 0 amide bonds. The molecule has 0 aromatic heterocycles. The predicted octanol–water partition coefficient (Wildman–Crippen LogP) is 1.57. The van der Waals surface area contributed by atoms with Gasteiger partial charge in [-0.15, -0.1) is 0 Å². The third-order valence-corrected chi connectivity index (χ3v) is 1.92. The van der Waals surface area contributed by atoms with Crippen molar-refractivity contribution in [2.24, 2.45) is 0 Å². The average molecular weight is 138 g/mol. The van der Waals surface area contributed by atoms with Crippen molar-refractivity contribution in [2.75, 3.05) is 6.54 Å². The van der Waals surface area contributed by atoms with Gasteiger partial charge in [-0.25, -0.2) is 8.81 Å². The zero-order chi connectivity index (χ0) is 6.15. The van der Waals surface area contributed by atoms with Crippen LogP contribution in [0, 0.1) is 0 Å². The molecule has 48 valence electrons. The van der Waals surface area contributed by atoms with Crippen LogP contribution < -0.4 is 0 Å². The minimum Gasteiger partial charge on any atom is -0.246 e. The quantitative estimate of drug-likeness (QED) is 0.458. The molecule has 0 aromatic carbocycles. The largest absolute Gasteiger partial charge is 0.246 e. The van der Waals surface area contributed by atoms with Gasteiger partial charge >= 0.3 is 0 Å². The first-order chi connectivity index (χ1) is 3.70. The zero-order valence-corrected chi connectivity index (χ0v) is 5.53. The van der Waals surface area contributed by atoms with Crippen molar-refractivity contribution in [3.8, 4) is 0 Å². The topological polar surface area (TPSA) is 3.24 Å². The normalized spacial score (nSPS) is 40.9.